The van der Waals surface area contributed by atoms with Gasteiger partial charge in [-0.3, -0.25) is 5.32 Å². The molecule has 1 aromatic rings. The van der Waals surface area contributed by atoms with E-state index in [0.29, 0.717) is 5.00 Å². The smallest absolute Gasteiger partial charge is 0.338 e. The van der Waals surface area contributed by atoms with E-state index >= 15 is 0 Å². The minimum atomic E-state index is -1.02. The quantitative estimate of drug-likeness (QED) is 0.852. The lowest BCUT2D eigenvalue weighted by atomic mass is 10.2. The molecule has 0 atom stereocenters. The molecule has 0 aromatic carbocycles. The number of carbonyl (C=O) groups excluding carboxylic acids is 1. The standard InChI is InChI=1S/C10H14N2O3S/c1-4-6-5-7(9(13)14)8(16-6)11-10(15)12(2)3/h5H,4H2,1-3H3,(H,11,15)(H,13,14). The number of aryl methyl sites for hydroxylation is 1. The Morgan fingerprint density at radius 2 is 2.12 bits per heavy atom. The molecule has 0 aliphatic carbocycles. The molecule has 1 heterocycles. The number of carbonyl (C=O) groups is 2. The third kappa shape index (κ3) is 2.73. The Hall–Kier alpha value is -1.56. The van der Waals surface area contributed by atoms with Gasteiger partial charge in [0.15, 0.2) is 0 Å². The number of aromatic carboxylic acids is 1. The highest BCUT2D eigenvalue weighted by atomic mass is 32.1. The summed E-state index contributed by atoms with van der Waals surface area (Å²) in [6.07, 6.45) is 0.753. The molecule has 16 heavy (non-hydrogen) atoms. The van der Waals surface area contributed by atoms with Crippen LogP contribution < -0.4 is 5.32 Å². The van der Waals surface area contributed by atoms with Crippen molar-refractivity contribution < 1.29 is 14.7 Å². The van der Waals surface area contributed by atoms with Crippen molar-refractivity contribution in [2.24, 2.45) is 0 Å². The van der Waals surface area contributed by atoms with Crippen LogP contribution in [0.1, 0.15) is 22.2 Å². The molecule has 0 bridgehead atoms. The topological polar surface area (TPSA) is 69.6 Å². The van der Waals surface area contributed by atoms with Gasteiger partial charge in [-0.05, 0) is 12.5 Å². The molecule has 1 rings (SSSR count). The number of carboxylic acid groups (broad SMARTS) is 1. The number of urea groups is 1. The highest BCUT2D eigenvalue weighted by Crippen LogP contribution is 2.28. The maximum atomic E-state index is 11.4. The summed E-state index contributed by atoms with van der Waals surface area (Å²) in [6.45, 7) is 1.94. The van der Waals surface area contributed by atoms with E-state index in [0.717, 1.165) is 11.3 Å². The Labute approximate surface area is 97.7 Å². The molecule has 0 fully saturated rings. The van der Waals surface area contributed by atoms with Crippen molar-refractivity contribution in [1.29, 1.82) is 0 Å². The van der Waals surface area contributed by atoms with Crippen LogP contribution in [-0.2, 0) is 6.42 Å². The van der Waals surface area contributed by atoms with Gasteiger partial charge in [-0.1, -0.05) is 6.92 Å². The lowest BCUT2D eigenvalue weighted by molar-refractivity contribution is 0.0698. The number of nitrogens with one attached hydrogen (secondary N) is 1. The van der Waals surface area contributed by atoms with Gasteiger partial charge in [-0.25, -0.2) is 9.59 Å². The number of amides is 2. The first-order valence-electron chi connectivity index (χ1n) is 4.80. The van der Waals surface area contributed by atoms with Crippen molar-refractivity contribution in [1.82, 2.24) is 4.90 Å². The average molecular weight is 242 g/mol. The van der Waals surface area contributed by atoms with Gasteiger partial charge in [-0.2, -0.15) is 0 Å². The molecular weight excluding hydrogens is 228 g/mol. The molecule has 0 aliphatic rings. The number of nitrogens with zero attached hydrogens (tertiary/aromatic N) is 1. The van der Waals surface area contributed by atoms with E-state index in [1.165, 1.54) is 16.2 Å². The van der Waals surface area contributed by atoms with E-state index in [1.54, 1.807) is 20.2 Å². The van der Waals surface area contributed by atoms with Crippen molar-refractivity contribution in [3.05, 3.63) is 16.5 Å². The second kappa shape index (κ2) is 4.98. The Bertz CT molecular complexity index is 412. The van der Waals surface area contributed by atoms with Crippen LogP contribution >= 0.6 is 11.3 Å². The fourth-order valence-electron chi connectivity index (χ4n) is 1.08. The number of thiophene rings is 1. The zero-order valence-corrected chi connectivity index (χ0v) is 10.2. The van der Waals surface area contributed by atoms with Crippen LogP contribution in [0.2, 0.25) is 0 Å². The summed E-state index contributed by atoms with van der Waals surface area (Å²) in [7, 11) is 3.20. The normalized spacial score (nSPS) is 9.94. The van der Waals surface area contributed by atoms with Crippen LogP contribution in [-0.4, -0.2) is 36.1 Å². The third-order valence-corrected chi connectivity index (χ3v) is 3.18. The lowest BCUT2D eigenvalue weighted by Gasteiger charge is -2.10. The Balaban J connectivity index is 2.98. The predicted octanol–water partition coefficient (Wildman–Crippen LogP) is 2.10. The van der Waals surface area contributed by atoms with Crippen molar-refractivity contribution in [3.8, 4) is 0 Å². The van der Waals surface area contributed by atoms with Crippen molar-refractivity contribution in [2.45, 2.75) is 13.3 Å². The highest BCUT2D eigenvalue weighted by Gasteiger charge is 2.17. The van der Waals surface area contributed by atoms with Gasteiger partial charge >= 0.3 is 12.0 Å². The second-order valence-electron chi connectivity index (χ2n) is 3.44. The van der Waals surface area contributed by atoms with Crippen LogP contribution in [0.15, 0.2) is 6.07 Å². The zero-order valence-electron chi connectivity index (χ0n) is 9.40. The van der Waals surface area contributed by atoms with Gasteiger partial charge in [0.2, 0.25) is 0 Å². The maximum Gasteiger partial charge on any atom is 0.338 e. The van der Waals surface area contributed by atoms with Crippen LogP contribution in [0.4, 0.5) is 9.80 Å². The van der Waals surface area contributed by atoms with Gasteiger partial charge in [0, 0.05) is 19.0 Å². The van der Waals surface area contributed by atoms with Crippen molar-refractivity contribution in [3.63, 3.8) is 0 Å². The van der Waals surface area contributed by atoms with E-state index in [-0.39, 0.29) is 11.6 Å². The third-order valence-electron chi connectivity index (χ3n) is 1.99. The molecule has 0 unspecified atom stereocenters. The van der Waals surface area contributed by atoms with Crippen LogP contribution in [0.3, 0.4) is 0 Å². The minimum absolute atomic E-state index is 0.150. The number of hydrogen-bond donors (Lipinski definition) is 2. The molecule has 2 N–H and O–H groups in total. The van der Waals surface area contributed by atoms with Crippen LogP contribution in [0, 0.1) is 0 Å². The number of anilines is 1. The van der Waals surface area contributed by atoms with Crippen LogP contribution in [0.25, 0.3) is 0 Å². The summed E-state index contributed by atoms with van der Waals surface area (Å²) in [5.74, 6) is -1.02. The van der Waals surface area contributed by atoms with E-state index < -0.39 is 5.97 Å². The largest absolute Gasteiger partial charge is 0.478 e. The zero-order chi connectivity index (χ0) is 12.3. The molecule has 0 saturated carbocycles. The minimum Gasteiger partial charge on any atom is -0.478 e. The maximum absolute atomic E-state index is 11.4. The SMILES string of the molecule is CCc1cc(C(=O)O)c(NC(=O)N(C)C)s1. The van der Waals surface area contributed by atoms with Crippen LogP contribution in [0.5, 0.6) is 0 Å². The van der Waals surface area contributed by atoms with Gasteiger partial charge in [-0.15, -0.1) is 11.3 Å². The molecule has 2 amide bonds. The Kier molecular flexibility index (Phi) is 3.89. The van der Waals surface area contributed by atoms with E-state index in [9.17, 15) is 9.59 Å². The molecule has 0 spiro atoms. The van der Waals surface area contributed by atoms with Gasteiger partial charge in [0.05, 0.1) is 5.56 Å². The fourth-order valence-corrected chi connectivity index (χ4v) is 2.05. The molecule has 6 heteroatoms. The molecule has 1 aromatic heterocycles. The number of carboxylic acids is 1. The van der Waals surface area contributed by atoms with E-state index in [4.69, 9.17) is 5.11 Å². The van der Waals surface area contributed by atoms with Crippen molar-refractivity contribution in [2.75, 3.05) is 19.4 Å². The summed E-state index contributed by atoms with van der Waals surface area (Å²) < 4.78 is 0. The first kappa shape index (κ1) is 12.5. The summed E-state index contributed by atoms with van der Waals surface area (Å²) in [5, 5.41) is 11.9. The summed E-state index contributed by atoms with van der Waals surface area (Å²) in [6, 6.07) is 1.27. The number of rotatable bonds is 3. The van der Waals surface area contributed by atoms with E-state index in [1.807, 2.05) is 6.92 Å². The molecule has 88 valence electrons. The average Bonchev–Trinajstić information content (AvgIpc) is 2.61. The van der Waals surface area contributed by atoms with Gasteiger partial charge in [0.1, 0.15) is 5.00 Å². The summed E-state index contributed by atoms with van der Waals surface area (Å²) in [4.78, 5) is 24.7. The van der Waals surface area contributed by atoms with Crippen molar-refractivity contribution >= 4 is 28.3 Å². The lowest BCUT2D eigenvalue weighted by Crippen LogP contribution is -2.27. The molecule has 5 nitrogen and oxygen atoms in total. The predicted molar refractivity (Wildman–Crippen MR) is 63.4 cm³/mol. The molecule has 0 aliphatic heterocycles. The number of hydrogen-bond acceptors (Lipinski definition) is 3. The van der Waals surface area contributed by atoms with Gasteiger partial charge < -0.3 is 10.0 Å². The molecule has 0 radical (unpaired) electrons. The molecule has 0 saturated heterocycles. The van der Waals surface area contributed by atoms with E-state index in [2.05, 4.69) is 5.32 Å². The monoisotopic (exact) mass is 242 g/mol. The molecular formula is C10H14N2O3S. The Morgan fingerprint density at radius 1 is 1.50 bits per heavy atom. The fraction of sp³-hybridized carbons (Fsp3) is 0.400. The summed E-state index contributed by atoms with van der Waals surface area (Å²) in [5.41, 5.74) is 0.150. The van der Waals surface area contributed by atoms with Gasteiger partial charge in [0.25, 0.3) is 0 Å². The Morgan fingerprint density at radius 3 is 2.56 bits per heavy atom. The first-order chi connectivity index (χ1) is 7.45. The second-order valence-corrected chi connectivity index (χ2v) is 4.58. The highest BCUT2D eigenvalue weighted by molar-refractivity contribution is 7.16. The first-order valence-corrected chi connectivity index (χ1v) is 5.61. The summed E-state index contributed by atoms with van der Waals surface area (Å²) >= 11 is 1.29.